The van der Waals surface area contributed by atoms with Crippen molar-refractivity contribution in [3.05, 3.63) is 35.9 Å². The molecule has 1 amide bonds. The molecule has 2 aliphatic rings. The van der Waals surface area contributed by atoms with Crippen molar-refractivity contribution in [3.63, 3.8) is 0 Å². The van der Waals surface area contributed by atoms with Gasteiger partial charge in [0.2, 0.25) is 5.90 Å². The molecule has 94 valence electrons. The number of ether oxygens (including phenoxy) is 1. The van der Waals surface area contributed by atoms with Gasteiger partial charge in [-0.2, -0.15) is 4.99 Å². The Morgan fingerprint density at radius 1 is 1.06 bits per heavy atom. The molecule has 0 radical (unpaired) electrons. The van der Waals surface area contributed by atoms with Crippen LogP contribution in [0.1, 0.15) is 37.7 Å². The van der Waals surface area contributed by atoms with E-state index in [1.54, 1.807) is 0 Å². The second kappa shape index (κ2) is 4.92. The lowest BCUT2D eigenvalue weighted by atomic mass is 9.85. The highest BCUT2D eigenvalue weighted by Gasteiger charge is 2.36. The molecule has 1 unspecified atom stereocenters. The van der Waals surface area contributed by atoms with Crippen molar-refractivity contribution in [1.82, 2.24) is 0 Å². The van der Waals surface area contributed by atoms with Crippen LogP contribution in [-0.2, 0) is 9.53 Å². The Kier molecular flexibility index (Phi) is 3.13. The van der Waals surface area contributed by atoms with E-state index in [9.17, 15) is 4.79 Å². The van der Waals surface area contributed by atoms with E-state index in [-0.39, 0.29) is 12.0 Å². The number of carbonyl (C=O) groups is 1. The van der Waals surface area contributed by atoms with Crippen LogP contribution in [0.4, 0.5) is 0 Å². The summed E-state index contributed by atoms with van der Waals surface area (Å²) in [6.07, 6.45) is 5.54. The van der Waals surface area contributed by atoms with Gasteiger partial charge in [-0.05, 0) is 25.0 Å². The van der Waals surface area contributed by atoms with E-state index in [4.69, 9.17) is 4.74 Å². The first-order chi connectivity index (χ1) is 8.84. The van der Waals surface area contributed by atoms with Gasteiger partial charge in [0.1, 0.15) is 0 Å². The molecule has 0 N–H and O–H groups in total. The van der Waals surface area contributed by atoms with Gasteiger partial charge in [0.25, 0.3) is 5.91 Å². The average molecular weight is 243 g/mol. The van der Waals surface area contributed by atoms with E-state index in [1.165, 1.54) is 19.3 Å². The number of hydrogen-bond acceptors (Lipinski definition) is 2. The lowest BCUT2D eigenvalue weighted by Gasteiger charge is -2.25. The standard InChI is InChI=1S/C15H17NO2/c17-14-13(11-7-3-1-4-8-11)18-15(16-14)12-9-5-2-6-10-12/h2,5-6,9-11,13H,1,3-4,7-8H2. The maximum Gasteiger partial charge on any atom is 0.290 e. The van der Waals surface area contributed by atoms with E-state index in [0.29, 0.717) is 11.8 Å². The number of benzene rings is 1. The van der Waals surface area contributed by atoms with Crippen LogP contribution in [0.25, 0.3) is 0 Å². The molecule has 1 fully saturated rings. The zero-order chi connectivity index (χ0) is 12.4. The zero-order valence-corrected chi connectivity index (χ0v) is 10.3. The Labute approximate surface area is 107 Å². The first kappa shape index (κ1) is 11.5. The van der Waals surface area contributed by atoms with Crippen molar-refractivity contribution in [2.75, 3.05) is 0 Å². The quantitative estimate of drug-likeness (QED) is 0.801. The van der Waals surface area contributed by atoms with E-state index in [0.717, 1.165) is 18.4 Å². The highest BCUT2D eigenvalue weighted by Crippen LogP contribution is 2.31. The fourth-order valence-corrected chi connectivity index (χ4v) is 2.81. The van der Waals surface area contributed by atoms with Crippen molar-refractivity contribution < 1.29 is 9.53 Å². The fraction of sp³-hybridized carbons (Fsp3) is 0.467. The maximum atomic E-state index is 11.9. The highest BCUT2D eigenvalue weighted by atomic mass is 16.5. The Morgan fingerprint density at radius 2 is 1.78 bits per heavy atom. The third-order valence-corrected chi connectivity index (χ3v) is 3.79. The van der Waals surface area contributed by atoms with Gasteiger partial charge in [-0.15, -0.1) is 0 Å². The molecule has 3 nitrogen and oxygen atoms in total. The minimum Gasteiger partial charge on any atom is -0.463 e. The molecule has 1 aromatic carbocycles. The predicted molar refractivity (Wildman–Crippen MR) is 69.4 cm³/mol. The van der Waals surface area contributed by atoms with Gasteiger partial charge >= 0.3 is 0 Å². The molecule has 0 spiro atoms. The van der Waals surface area contributed by atoms with Crippen LogP contribution < -0.4 is 0 Å². The van der Waals surface area contributed by atoms with Crippen LogP contribution in [0.5, 0.6) is 0 Å². The second-order valence-electron chi connectivity index (χ2n) is 5.06. The monoisotopic (exact) mass is 243 g/mol. The summed E-state index contributed by atoms with van der Waals surface area (Å²) in [5.74, 6) is 0.758. The molecule has 1 aromatic rings. The van der Waals surface area contributed by atoms with Gasteiger partial charge in [-0.3, -0.25) is 4.79 Å². The Bertz CT molecular complexity index is 461. The minimum absolute atomic E-state index is 0.0965. The van der Waals surface area contributed by atoms with E-state index in [1.807, 2.05) is 30.3 Å². The summed E-state index contributed by atoms with van der Waals surface area (Å²) in [5.41, 5.74) is 0.893. The summed E-state index contributed by atoms with van der Waals surface area (Å²) in [5, 5.41) is 0. The number of carbonyl (C=O) groups excluding carboxylic acids is 1. The van der Waals surface area contributed by atoms with E-state index >= 15 is 0 Å². The number of hydrogen-bond donors (Lipinski definition) is 0. The molecule has 0 bridgehead atoms. The lowest BCUT2D eigenvalue weighted by Crippen LogP contribution is -2.29. The van der Waals surface area contributed by atoms with E-state index in [2.05, 4.69) is 4.99 Å². The number of aliphatic imine (C=N–C) groups is 1. The summed E-state index contributed by atoms with van der Waals surface area (Å²) in [4.78, 5) is 16.0. The molecule has 1 aliphatic heterocycles. The third kappa shape index (κ3) is 2.17. The predicted octanol–water partition coefficient (Wildman–Crippen LogP) is 2.94. The Morgan fingerprint density at radius 3 is 2.50 bits per heavy atom. The maximum absolute atomic E-state index is 11.9. The first-order valence-electron chi connectivity index (χ1n) is 6.69. The molecule has 0 aromatic heterocycles. The van der Waals surface area contributed by atoms with Crippen LogP contribution in [0, 0.1) is 5.92 Å². The van der Waals surface area contributed by atoms with Gasteiger partial charge in [0, 0.05) is 11.5 Å². The molecule has 3 rings (SSSR count). The molecular weight excluding hydrogens is 226 g/mol. The molecule has 3 heteroatoms. The van der Waals surface area contributed by atoms with Crippen molar-refractivity contribution in [2.45, 2.75) is 38.2 Å². The highest BCUT2D eigenvalue weighted by molar-refractivity contribution is 6.07. The van der Waals surface area contributed by atoms with Crippen molar-refractivity contribution in [1.29, 1.82) is 0 Å². The van der Waals surface area contributed by atoms with Crippen molar-refractivity contribution in [3.8, 4) is 0 Å². The molecule has 1 atom stereocenters. The molecule has 1 aliphatic carbocycles. The number of nitrogens with zero attached hydrogens (tertiary/aromatic N) is 1. The largest absolute Gasteiger partial charge is 0.463 e. The van der Waals surface area contributed by atoms with Gasteiger partial charge in [-0.1, -0.05) is 37.5 Å². The van der Waals surface area contributed by atoms with Gasteiger partial charge in [-0.25, -0.2) is 0 Å². The van der Waals surface area contributed by atoms with Gasteiger partial charge in [0.15, 0.2) is 6.10 Å². The topological polar surface area (TPSA) is 38.7 Å². The van der Waals surface area contributed by atoms with Crippen LogP contribution in [0.2, 0.25) is 0 Å². The molecule has 18 heavy (non-hydrogen) atoms. The van der Waals surface area contributed by atoms with E-state index < -0.39 is 0 Å². The first-order valence-corrected chi connectivity index (χ1v) is 6.69. The zero-order valence-electron chi connectivity index (χ0n) is 10.3. The van der Waals surface area contributed by atoms with Gasteiger partial charge < -0.3 is 4.74 Å². The summed E-state index contributed by atoms with van der Waals surface area (Å²) >= 11 is 0. The SMILES string of the molecule is O=C1N=C(c2ccccc2)OC1C1CCCCC1. The third-order valence-electron chi connectivity index (χ3n) is 3.79. The van der Waals surface area contributed by atoms with Crippen LogP contribution in [0.15, 0.2) is 35.3 Å². The minimum atomic E-state index is -0.333. The number of amides is 1. The fourth-order valence-electron chi connectivity index (χ4n) is 2.81. The van der Waals surface area contributed by atoms with Crippen LogP contribution in [0.3, 0.4) is 0 Å². The normalized spacial score (nSPS) is 24.8. The molecule has 1 heterocycles. The summed E-state index contributed by atoms with van der Waals surface area (Å²) in [6, 6.07) is 9.66. The number of rotatable bonds is 2. The average Bonchev–Trinajstić information content (AvgIpc) is 2.83. The smallest absolute Gasteiger partial charge is 0.290 e. The summed E-state index contributed by atoms with van der Waals surface area (Å²) in [6.45, 7) is 0. The summed E-state index contributed by atoms with van der Waals surface area (Å²) in [7, 11) is 0. The molecular formula is C15H17NO2. The van der Waals surface area contributed by atoms with Crippen LogP contribution >= 0.6 is 0 Å². The summed E-state index contributed by atoms with van der Waals surface area (Å²) < 4.78 is 5.80. The Balaban J connectivity index is 1.74. The van der Waals surface area contributed by atoms with Crippen molar-refractivity contribution in [2.24, 2.45) is 10.9 Å². The lowest BCUT2D eigenvalue weighted by molar-refractivity contribution is -0.125. The van der Waals surface area contributed by atoms with Gasteiger partial charge in [0.05, 0.1) is 0 Å². The van der Waals surface area contributed by atoms with Crippen LogP contribution in [-0.4, -0.2) is 17.9 Å². The molecule has 0 saturated heterocycles. The van der Waals surface area contributed by atoms with Crippen molar-refractivity contribution >= 4 is 11.8 Å². The molecule has 1 saturated carbocycles. The second-order valence-corrected chi connectivity index (χ2v) is 5.06. The Hall–Kier alpha value is -1.64.